The highest BCUT2D eigenvalue weighted by molar-refractivity contribution is 5.79. The molecule has 16 heavy (non-hydrogen) atoms. The maximum Gasteiger partial charge on any atom is 0.0517 e. The fourth-order valence-electron chi connectivity index (χ4n) is 1.84. The van der Waals surface area contributed by atoms with E-state index >= 15 is 0 Å². The molecule has 1 heterocycles. The molecule has 1 aliphatic heterocycles. The number of nitrogens with one attached hydrogen (secondary N) is 1. The van der Waals surface area contributed by atoms with Crippen LogP contribution in [0.4, 0.5) is 0 Å². The van der Waals surface area contributed by atoms with Crippen LogP contribution in [0.3, 0.4) is 0 Å². The smallest absolute Gasteiger partial charge is 0.0517 e. The molecule has 1 fully saturated rings. The van der Waals surface area contributed by atoms with E-state index in [-0.39, 0.29) is 0 Å². The lowest BCUT2D eigenvalue weighted by atomic mass is 10.2. The highest BCUT2D eigenvalue weighted by atomic mass is 15.2. The molecule has 1 saturated heterocycles. The number of hydrogen-bond acceptors (Lipinski definition) is 3. The van der Waals surface area contributed by atoms with Gasteiger partial charge in [-0.15, -0.1) is 0 Å². The summed E-state index contributed by atoms with van der Waals surface area (Å²) in [6.45, 7) is 6.51. The van der Waals surface area contributed by atoms with E-state index in [9.17, 15) is 0 Å². The van der Waals surface area contributed by atoms with Crippen LogP contribution in [0.5, 0.6) is 0 Å². The third-order valence-corrected chi connectivity index (χ3v) is 2.79. The maximum absolute atomic E-state index is 4.45. The Morgan fingerprint density at radius 3 is 2.69 bits per heavy atom. The molecule has 0 aliphatic carbocycles. The first-order valence-corrected chi connectivity index (χ1v) is 5.93. The SMILES string of the molecule is C(=N\CCN1CCNCC1)/c1ccccc1. The lowest BCUT2D eigenvalue weighted by Gasteiger charge is -2.26. The first-order chi connectivity index (χ1) is 7.95. The third-order valence-electron chi connectivity index (χ3n) is 2.79. The van der Waals surface area contributed by atoms with E-state index in [0.717, 1.165) is 39.3 Å². The Balaban J connectivity index is 1.69. The minimum atomic E-state index is 0.898. The molecule has 0 saturated carbocycles. The highest BCUT2D eigenvalue weighted by Gasteiger charge is 2.07. The van der Waals surface area contributed by atoms with Crippen LogP contribution < -0.4 is 5.32 Å². The van der Waals surface area contributed by atoms with Crippen LogP contribution in [-0.4, -0.2) is 50.4 Å². The lowest BCUT2D eigenvalue weighted by molar-refractivity contribution is 0.248. The summed E-state index contributed by atoms with van der Waals surface area (Å²) in [5, 5.41) is 3.35. The predicted octanol–water partition coefficient (Wildman–Crippen LogP) is 1.01. The van der Waals surface area contributed by atoms with Crippen LogP contribution in [0.2, 0.25) is 0 Å². The Bertz CT molecular complexity index is 315. The zero-order valence-electron chi connectivity index (χ0n) is 9.60. The largest absolute Gasteiger partial charge is 0.314 e. The molecular weight excluding hydrogens is 198 g/mol. The summed E-state index contributed by atoms with van der Waals surface area (Å²) in [6.07, 6.45) is 1.96. The minimum Gasteiger partial charge on any atom is -0.314 e. The zero-order valence-corrected chi connectivity index (χ0v) is 9.60. The Kier molecular flexibility index (Phi) is 4.52. The predicted molar refractivity (Wildman–Crippen MR) is 68.2 cm³/mol. The molecule has 1 aliphatic rings. The standard InChI is InChI=1S/C13H19N3/c1-2-4-13(5-3-1)12-15-8-11-16-9-6-14-7-10-16/h1-5,12,14H,6-11H2/b15-12+. The van der Waals surface area contributed by atoms with Gasteiger partial charge in [0.1, 0.15) is 0 Å². The van der Waals surface area contributed by atoms with Gasteiger partial charge < -0.3 is 5.32 Å². The van der Waals surface area contributed by atoms with Crippen LogP contribution in [0.25, 0.3) is 0 Å². The van der Waals surface area contributed by atoms with Crippen molar-refractivity contribution in [2.24, 2.45) is 4.99 Å². The van der Waals surface area contributed by atoms with Crippen molar-refractivity contribution < 1.29 is 0 Å². The molecular formula is C13H19N3. The van der Waals surface area contributed by atoms with Crippen LogP contribution in [0.1, 0.15) is 5.56 Å². The third kappa shape index (κ3) is 3.76. The summed E-state index contributed by atoms with van der Waals surface area (Å²) >= 11 is 0. The quantitative estimate of drug-likeness (QED) is 0.762. The average Bonchev–Trinajstić information content (AvgIpc) is 2.37. The van der Waals surface area contributed by atoms with Gasteiger partial charge in [-0.25, -0.2) is 0 Å². The van der Waals surface area contributed by atoms with Crippen molar-refractivity contribution >= 4 is 6.21 Å². The van der Waals surface area contributed by atoms with E-state index < -0.39 is 0 Å². The molecule has 0 aromatic heterocycles. The van der Waals surface area contributed by atoms with Crippen LogP contribution in [0.15, 0.2) is 35.3 Å². The minimum absolute atomic E-state index is 0.898. The Hall–Kier alpha value is -1.19. The first-order valence-electron chi connectivity index (χ1n) is 5.93. The van der Waals surface area contributed by atoms with Gasteiger partial charge in [-0.2, -0.15) is 0 Å². The second-order valence-electron chi connectivity index (χ2n) is 4.04. The van der Waals surface area contributed by atoms with E-state index in [1.54, 1.807) is 0 Å². The van der Waals surface area contributed by atoms with Gasteiger partial charge >= 0.3 is 0 Å². The van der Waals surface area contributed by atoms with Gasteiger partial charge in [0, 0.05) is 38.9 Å². The Morgan fingerprint density at radius 1 is 1.19 bits per heavy atom. The molecule has 1 aromatic carbocycles. The van der Waals surface area contributed by atoms with E-state index in [1.165, 1.54) is 5.56 Å². The van der Waals surface area contributed by atoms with Crippen LogP contribution in [0, 0.1) is 0 Å². The fourth-order valence-corrected chi connectivity index (χ4v) is 1.84. The molecule has 2 rings (SSSR count). The summed E-state index contributed by atoms with van der Waals surface area (Å²) in [6, 6.07) is 10.3. The van der Waals surface area contributed by atoms with Crippen molar-refractivity contribution in [1.29, 1.82) is 0 Å². The zero-order chi connectivity index (χ0) is 11.1. The molecule has 0 bridgehead atoms. The maximum atomic E-state index is 4.45. The number of piperazine rings is 1. The first kappa shape index (κ1) is 11.3. The van der Waals surface area contributed by atoms with Gasteiger partial charge in [0.15, 0.2) is 0 Å². The summed E-state index contributed by atoms with van der Waals surface area (Å²) in [5.41, 5.74) is 1.18. The van der Waals surface area contributed by atoms with E-state index in [4.69, 9.17) is 0 Å². The molecule has 0 radical (unpaired) electrons. The van der Waals surface area contributed by atoms with Gasteiger partial charge in [0.25, 0.3) is 0 Å². The lowest BCUT2D eigenvalue weighted by Crippen LogP contribution is -2.44. The van der Waals surface area contributed by atoms with Gasteiger partial charge in [0.05, 0.1) is 6.54 Å². The van der Waals surface area contributed by atoms with Crippen molar-refractivity contribution in [3.63, 3.8) is 0 Å². The van der Waals surface area contributed by atoms with Crippen molar-refractivity contribution in [1.82, 2.24) is 10.2 Å². The molecule has 3 heteroatoms. The van der Waals surface area contributed by atoms with E-state index in [1.807, 2.05) is 24.4 Å². The molecule has 86 valence electrons. The summed E-state index contributed by atoms with van der Waals surface area (Å²) in [7, 11) is 0. The fraction of sp³-hybridized carbons (Fsp3) is 0.462. The number of rotatable bonds is 4. The molecule has 3 nitrogen and oxygen atoms in total. The number of hydrogen-bond donors (Lipinski definition) is 1. The van der Waals surface area contributed by atoms with Crippen molar-refractivity contribution in [3.8, 4) is 0 Å². The van der Waals surface area contributed by atoms with Crippen LogP contribution >= 0.6 is 0 Å². The van der Waals surface area contributed by atoms with E-state index in [0.29, 0.717) is 0 Å². The van der Waals surface area contributed by atoms with Crippen molar-refractivity contribution in [2.45, 2.75) is 0 Å². The summed E-state index contributed by atoms with van der Waals surface area (Å²) in [5.74, 6) is 0. The monoisotopic (exact) mass is 217 g/mol. The summed E-state index contributed by atoms with van der Waals surface area (Å²) in [4.78, 5) is 6.91. The van der Waals surface area contributed by atoms with Gasteiger partial charge in [0.2, 0.25) is 0 Å². The number of benzene rings is 1. The summed E-state index contributed by atoms with van der Waals surface area (Å²) < 4.78 is 0. The second kappa shape index (κ2) is 6.40. The van der Waals surface area contributed by atoms with Crippen molar-refractivity contribution in [3.05, 3.63) is 35.9 Å². The highest BCUT2D eigenvalue weighted by Crippen LogP contribution is 1.95. The number of nitrogens with zero attached hydrogens (tertiary/aromatic N) is 2. The average molecular weight is 217 g/mol. The Labute approximate surface area is 97.2 Å². The van der Waals surface area contributed by atoms with Crippen molar-refractivity contribution in [2.75, 3.05) is 39.3 Å². The molecule has 0 spiro atoms. The van der Waals surface area contributed by atoms with Gasteiger partial charge in [-0.3, -0.25) is 9.89 Å². The van der Waals surface area contributed by atoms with Gasteiger partial charge in [-0.05, 0) is 5.56 Å². The second-order valence-corrected chi connectivity index (χ2v) is 4.04. The Morgan fingerprint density at radius 2 is 1.94 bits per heavy atom. The normalized spacial score (nSPS) is 18.0. The molecule has 1 N–H and O–H groups in total. The van der Waals surface area contributed by atoms with Gasteiger partial charge in [-0.1, -0.05) is 30.3 Å². The van der Waals surface area contributed by atoms with E-state index in [2.05, 4.69) is 27.3 Å². The molecule has 0 amide bonds. The topological polar surface area (TPSA) is 27.6 Å². The number of aliphatic imine (C=N–C) groups is 1. The molecule has 1 aromatic rings. The molecule has 0 atom stereocenters. The molecule has 0 unspecified atom stereocenters. The van der Waals surface area contributed by atoms with Crippen LogP contribution in [-0.2, 0) is 0 Å².